The normalized spacial score (nSPS) is 21.8. The van der Waals surface area contributed by atoms with E-state index in [9.17, 15) is 16.8 Å². The van der Waals surface area contributed by atoms with E-state index in [0.717, 1.165) is 0 Å². The minimum Gasteiger partial charge on any atom is -0.496 e. The van der Waals surface area contributed by atoms with Gasteiger partial charge < -0.3 is 4.74 Å². The molecule has 1 aromatic rings. The fourth-order valence-electron chi connectivity index (χ4n) is 1.99. The summed E-state index contributed by atoms with van der Waals surface area (Å²) in [5.74, 6) is 0.392. The summed E-state index contributed by atoms with van der Waals surface area (Å²) in [5.41, 5.74) is 0. The molecule has 9 heteroatoms. The van der Waals surface area contributed by atoms with Gasteiger partial charge in [-0.2, -0.15) is 0 Å². The highest BCUT2D eigenvalue weighted by atomic mass is 79.9. The standard InChI is InChI=1S/C11H14BrNO5S2/c1-18-11-3-2-9(6-10(11)12)20(16,17)13-8-4-5-19(14,15)7-8/h2-3,6,8,13H,4-5,7H2,1H3. The zero-order chi connectivity index (χ0) is 15.0. The molecule has 1 heterocycles. The number of sulfonamides is 1. The average molecular weight is 384 g/mol. The quantitative estimate of drug-likeness (QED) is 0.834. The van der Waals surface area contributed by atoms with Crippen molar-refractivity contribution in [3.63, 3.8) is 0 Å². The molecule has 0 spiro atoms. The van der Waals surface area contributed by atoms with Crippen molar-refractivity contribution < 1.29 is 21.6 Å². The summed E-state index contributed by atoms with van der Waals surface area (Å²) < 4.78 is 55.0. The van der Waals surface area contributed by atoms with E-state index in [0.29, 0.717) is 16.6 Å². The van der Waals surface area contributed by atoms with Gasteiger partial charge in [0.15, 0.2) is 9.84 Å². The Morgan fingerprint density at radius 1 is 1.40 bits per heavy atom. The first-order chi connectivity index (χ1) is 9.23. The van der Waals surface area contributed by atoms with Crippen LogP contribution >= 0.6 is 15.9 Å². The van der Waals surface area contributed by atoms with Gasteiger partial charge in [-0.05, 0) is 40.5 Å². The molecule has 2 rings (SSSR count). The fourth-order valence-corrected chi connectivity index (χ4v) is 5.76. The van der Waals surface area contributed by atoms with E-state index in [1.54, 1.807) is 0 Å². The molecule has 6 nitrogen and oxygen atoms in total. The highest BCUT2D eigenvalue weighted by Gasteiger charge is 2.31. The third-order valence-corrected chi connectivity index (χ3v) is 6.89. The minimum atomic E-state index is -3.74. The fraction of sp³-hybridized carbons (Fsp3) is 0.455. The van der Waals surface area contributed by atoms with Gasteiger partial charge in [0, 0.05) is 6.04 Å². The zero-order valence-electron chi connectivity index (χ0n) is 10.7. The van der Waals surface area contributed by atoms with Crippen LogP contribution in [0.15, 0.2) is 27.6 Å². The first-order valence-corrected chi connectivity index (χ1v) is 9.89. The Kier molecular flexibility index (Phi) is 4.43. The molecule has 1 fully saturated rings. The molecule has 20 heavy (non-hydrogen) atoms. The van der Waals surface area contributed by atoms with Gasteiger partial charge in [-0.25, -0.2) is 21.6 Å². The molecular weight excluding hydrogens is 370 g/mol. The summed E-state index contributed by atoms with van der Waals surface area (Å²) >= 11 is 3.22. The molecule has 0 amide bonds. The molecule has 1 aliphatic heterocycles. The van der Waals surface area contributed by atoms with Crippen LogP contribution in [0.2, 0.25) is 0 Å². The lowest BCUT2D eigenvalue weighted by atomic mass is 10.3. The summed E-state index contributed by atoms with van der Waals surface area (Å²) in [6.07, 6.45) is 0.304. The smallest absolute Gasteiger partial charge is 0.240 e. The lowest BCUT2D eigenvalue weighted by molar-refractivity contribution is 0.411. The molecule has 1 saturated heterocycles. The largest absolute Gasteiger partial charge is 0.496 e. The summed E-state index contributed by atoms with van der Waals surface area (Å²) in [5, 5.41) is 0. The number of halogens is 1. The van der Waals surface area contributed by atoms with Crippen LogP contribution < -0.4 is 9.46 Å². The maximum absolute atomic E-state index is 12.2. The molecule has 1 aliphatic rings. The third-order valence-electron chi connectivity index (χ3n) is 2.99. The van der Waals surface area contributed by atoms with Crippen molar-refractivity contribution in [3.05, 3.63) is 22.7 Å². The van der Waals surface area contributed by atoms with Crippen LogP contribution in [0.1, 0.15) is 6.42 Å². The second kappa shape index (κ2) is 5.63. The molecule has 0 radical (unpaired) electrons. The van der Waals surface area contributed by atoms with Crippen LogP contribution in [0.4, 0.5) is 0 Å². The molecular formula is C11H14BrNO5S2. The van der Waals surface area contributed by atoms with Crippen LogP contribution in [-0.2, 0) is 19.9 Å². The van der Waals surface area contributed by atoms with Gasteiger partial charge in [0.25, 0.3) is 0 Å². The predicted octanol–water partition coefficient (Wildman–Crippen LogP) is 0.923. The topological polar surface area (TPSA) is 89.5 Å². The maximum atomic E-state index is 12.2. The maximum Gasteiger partial charge on any atom is 0.240 e. The lowest BCUT2D eigenvalue weighted by Gasteiger charge is -2.12. The van der Waals surface area contributed by atoms with E-state index in [1.165, 1.54) is 25.3 Å². The van der Waals surface area contributed by atoms with E-state index < -0.39 is 25.9 Å². The first kappa shape index (κ1) is 15.7. The van der Waals surface area contributed by atoms with Crippen LogP contribution in [0.5, 0.6) is 5.75 Å². The molecule has 0 saturated carbocycles. The Balaban J connectivity index is 2.21. The monoisotopic (exact) mass is 383 g/mol. The van der Waals surface area contributed by atoms with Crippen LogP contribution in [0.3, 0.4) is 0 Å². The minimum absolute atomic E-state index is 0.0203. The summed E-state index contributed by atoms with van der Waals surface area (Å²) in [6.45, 7) is 0. The van der Waals surface area contributed by atoms with Crippen molar-refractivity contribution in [3.8, 4) is 5.75 Å². The third kappa shape index (κ3) is 3.51. The molecule has 0 aliphatic carbocycles. The van der Waals surface area contributed by atoms with E-state index >= 15 is 0 Å². The van der Waals surface area contributed by atoms with Crippen molar-refractivity contribution in [2.45, 2.75) is 17.4 Å². The van der Waals surface area contributed by atoms with Gasteiger partial charge >= 0.3 is 0 Å². The number of nitrogens with one attached hydrogen (secondary N) is 1. The highest BCUT2D eigenvalue weighted by Crippen LogP contribution is 2.27. The van der Waals surface area contributed by atoms with Gasteiger partial charge in [-0.3, -0.25) is 0 Å². The summed E-state index contributed by atoms with van der Waals surface area (Å²) in [7, 11) is -5.38. The summed E-state index contributed by atoms with van der Waals surface area (Å²) in [4.78, 5) is 0.0643. The Morgan fingerprint density at radius 2 is 2.10 bits per heavy atom. The second-order valence-electron chi connectivity index (χ2n) is 4.52. The molecule has 1 aromatic carbocycles. The van der Waals surface area contributed by atoms with Crippen LogP contribution in [-0.4, -0.2) is 41.5 Å². The van der Waals surface area contributed by atoms with E-state index in [1.807, 2.05) is 0 Å². The predicted molar refractivity (Wildman–Crippen MR) is 78.1 cm³/mol. The van der Waals surface area contributed by atoms with Crippen molar-refractivity contribution >= 4 is 35.8 Å². The molecule has 1 N–H and O–H groups in total. The highest BCUT2D eigenvalue weighted by molar-refractivity contribution is 9.10. The van der Waals surface area contributed by atoms with Gasteiger partial charge in [-0.15, -0.1) is 0 Å². The average Bonchev–Trinajstić information content (AvgIpc) is 2.67. The van der Waals surface area contributed by atoms with E-state index in [2.05, 4.69) is 20.7 Å². The van der Waals surface area contributed by atoms with Gasteiger partial charge in [0.2, 0.25) is 10.0 Å². The number of benzene rings is 1. The SMILES string of the molecule is COc1ccc(S(=O)(=O)NC2CCS(=O)(=O)C2)cc1Br. The summed E-state index contributed by atoms with van der Waals surface area (Å²) in [6, 6.07) is 3.80. The number of hydrogen-bond acceptors (Lipinski definition) is 5. The number of methoxy groups -OCH3 is 1. The molecule has 0 aromatic heterocycles. The van der Waals surface area contributed by atoms with Crippen molar-refractivity contribution in [1.82, 2.24) is 4.72 Å². The van der Waals surface area contributed by atoms with Gasteiger partial charge in [0.05, 0.1) is 28.0 Å². The number of hydrogen-bond donors (Lipinski definition) is 1. The Bertz CT molecular complexity index is 714. The Labute approximate surface area is 126 Å². The number of sulfone groups is 1. The Morgan fingerprint density at radius 3 is 2.60 bits per heavy atom. The first-order valence-electron chi connectivity index (χ1n) is 5.80. The number of rotatable bonds is 4. The van der Waals surface area contributed by atoms with Crippen LogP contribution in [0.25, 0.3) is 0 Å². The number of ether oxygens (including phenoxy) is 1. The second-order valence-corrected chi connectivity index (χ2v) is 9.31. The molecule has 1 unspecified atom stereocenters. The van der Waals surface area contributed by atoms with Crippen molar-refractivity contribution in [1.29, 1.82) is 0 Å². The van der Waals surface area contributed by atoms with Crippen LogP contribution in [0, 0.1) is 0 Å². The lowest BCUT2D eigenvalue weighted by Crippen LogP contribution is -2.35. The zero-order valence-corrected chi connectivity index (χ0v) is 13.9. The molecule has 112 valence electrons. The van der Waals surface area contributed by atoms with Gasteiger partial charge in [0.1, 0.15) is 5.75 Å². The van der Waals surface area contributed by atoms with E-state index in [-0.39, 0.29) is 16.4 Å². The van der Waals surface area contributed by atoms with Gasteiger partial charge in [-0.1, -0.05) is 0 Å². The molecule has 0 bridgehead atoms. The van der Waals surface area contributed by atoms with Crippen molar-refractivity contribution in [2.24, 2.45) is 0 Å². The van der Waals surface area contributed by atoms with E-state index in [4.69, 9.17) is 4.74 Å². The Hall–Kier alpha value is -0.640. The molecule has 1 atom stereocenters. The van der Waals surface area contributed by atoms with Crippen molar-refractivity contribution in [2.75, 3.05) is 18.6 Å².